The number of rotatable bonds is 5. The normalized spacial score (nSPS) is 15.2. The Hall–Kier alpha value is -2.51. The summed E-state index contributed by atoms with van der Waals surface area (Å²) in [6.45, 7) is 7.40. The van der Waals surface area contributed by atoms with Gasteiger partial charge >= 0.3 is 0 Å². The molecule has 0 aliphatic carbocycles. The number of hydrogen-bond donors (Lipinski definition) is 0. The molecule has 0 saturated carbocycles. The average Bonchev–Trinajstić information content (AvgIpc) is 2.97. The minimum atomic E-state index is 0.734. The summed E-state index contributed by atoms with van der Waals surface area (Å²) in [6.07, 6.45) is 1.85. The molecule has 0 bridgehead atoms. The van der Waals surface area contributed by atoms with Gasteiger partial charge in [0.2, 0.25) is 0 Å². The molecule has 1 aliphatic rings. The summed E-state index contributed by atoms with van der Waals surface area (Å²) in [5.74, 6) is 2.01. The summed E-state index contributed by atoms with van der Waals surface area (Å²) in [4.78, 5) is 9.18. The smallest absolute Gasteiger partial charge is 0.199 e. The zero-order chi connectivity index (χ0) is 18.6. The molecule has 0 N–H and O–H groups in total. The molecule has 0 radical (unpaired) electrons. The lowest BCUT2D eigenvalue weighted by molar-refractivity contribution is 0.193. The van der Waals surface area contributed by atoms with Crippen LogP contribution in [0.1, 0.15) is 11.4 Å². The van der Waals surface area contributed by atoms with Gasteiger partial charge in [0, 0.05) is 32.4 Å². The Balaban J connectivity index is 1.41. The third kappa shape index (κ3) is 4.09. The van der Waals surface area contributed by atoms with Crippen molar-refractivity contribution < 1.29 is 0 Å². The summed E-state index contributed by atoms with van der Waals surface area (Å²) < 4.78 is 4.84. The first-order chi connectivity index (χ1) is 13.2. The third-order valence-corrected chi connectivity index (χ3v) is 5.40. The van der Waals surface area contributed by atoms with Crippen molar-refractivity contribution in [1.82, 2.24) is 24.2 Å². The van der Waals surface area contributed by atoms with Gasteiger partial charge in [-0.05, 0) is 36.8 Å². The molecule has 1 saturated heterocycles. The number of pyridine rings is 1. The molecule has 0 spiro atoms. The van der Waals surface area contributed by atoms with Crippen LogP contribution in [0.25, 0.3) is 0 Å². The van der Waals surface area contributed by atoms with Gasteiger partial charge in [-0.1, -0.05) is 36.4 Å². The van der Waals surface area contributed by atoms with E-state index in [0.717, 1.165) is 55.8 Å². The number of benzene rings is 1. The Kier molecular flexibility index (Phi) is 5.31. The van der Waals surface area contributed by atoms with E-state index >= 15 is 0 Å². The van der Waals surface area contributed by atoms with Crippen molar-refractivity contribution in [1.29, 1.82) is 0 Å². The van der Waals surface area contributed by atoms with Crippen LogP contribution in [0, 0.1) is 11.7 Å². The van der Waals surface area contributed by atoms with Crippen LogP contribution in [0.3, 0.4) is 0 Å². The van der Waals surface area contributed by atoms with Crippen molar-refractivity contribution in [3.05, 3.63) is 70.9 Å². The van der Waals surface area contributed by atoms with Crippen LogP contribution in [0.5, 0.6) is 0 Å². The summed E-state index contributed by atoms with van der Waals surface area (Å²) in [7, 11) is 0. The highest BCUT2D eigenvalue weighted by Crippen LogP contribution is 2.13. The van der Waals surface area contributed by atoms with E-state index in [1.54, 1.807) is 0 Å². The van der Waals surface area contributed by atoms with Crippen molar-refractivity contribution in [2.24, 2.45) is 0 Å². The van der Waals surface area contributed by atoms with Crippen LogP contribution < -0.4 is 4.90 Å². The van der Waals surface area contributed by atoms with Crippen molar-refractivity contribution >= 4 is 18.0 Å². The molecule has 1 fully saturated rings. The Morgan fingerprint density at radius 3 is 2.41 bits per heavy atom. The predicted molar refractivity (Wildman–Crippen MR) is 109 cm³/mol. The molecular weight excluding hydrogens is 356 g/mol. The van der Waals surface area contributed by atoms with Gasteiger partial charge in [0.1, 0.15) is 11.6 Å². The van der Waals surface area contributed by atoms with E-state index in [4.69, 9.17) is 12.2 Å². The lowest BCUT2D eigenvalue weighted by Gasteiger charge is -2.35. The fourth-order valence-corrected chi connectivity index (χ4v) is 3.73. The Labute approximate surface area is 164 Å². The van der Waals surface area contributed by atoms with Gasteiger partial charge < -0.3 is 4.90 Å². The highest BCUT2D eigenvalue weighted by molar-refractivity contribution is 7.71. The van der Waals surface area contributed by atoms with E-state index < -0.39 is 0 Å². The van der Waals surface area contributed by atoms with E-state index in [9.17, 15) is 0 Å². The average molecular weight is 381 g/mol. The SMILES string of the molecule is Cc1nn(CN2CCN(c3ccccn3)CC2)c(=S)n1Cc1ccccc1. The molecule has 0 unspecified atom stereocenters. The second-order valence-electron chi connectivity index (χ2n) is 6.84. The van der Waals surface area contributed by atoms with E-state index in [-0.39, 0.29) is 0 Å². The summed E-state index contributed by atoms with van der Waals surface area (Å²) in [5.41, 5.74) is 1.24. The second-order valence-corrected chi connectivity index (χ2v) is 7.20. The zero-order valence-electron chi connectivity index (χ0n) is 15.5. The number of piperazine rings is 1. The maximum absolute atomic E-state index is 5.70. The Bertz CT molecular complexity index is 926. The zero-order valence-corrected chi connectivity index (χ0v) is 16.3. The van der Waals surface area contributed by atoms with E-state index in [2.05, 4.69) is 54.8 Å². The fourth-order valence-electron chi connectivity index (χ4n) is 3.44. The molecule has 4 rings (SSSR count). The minimum absolute atomic E-state index is 0.734. The molecule has 27 heavy (non-hydrogen) atoms. The van der Waals surface area contributed by atoms with Crippen LogP contribution in [0.15, 0.2) is 54.7 Å². The fraction of sp³-hybridized carbons (Fsp3) is 0.350. The summed E-state index contributed by atoms with van der Waals surface area (Å²) in [5, 5.41) is 4.69. The van der Waals surface area contributed by atoms with Crippen molar-refractivity contribution in [3.63, 3.8) is 0 Å². The molecule has 3 aromatic rings. The third-order valence-electron chi connectivity index (χ3n) is 4.97. The van der Waals surface area contributed by atoms with E-state index in [0.29, 0.717) is 0 Å². The summed E-state index contributed by atoms with van der Waals surface area (Å²) in [6, 6.07) is 16.4. The summed E-state index contributed by atoms with van der Waals surface area (Å²) >= 11 is 5.70. The largest absolute Gasteiger partial charge is 0.354 e. The molecular formula is C20H24N6S. The Morgan fingerprint density at radius 2 is 1.70 bits per heavy atom. The molecule has 140 valence electrons. The minimum Gasteiger partial charge on any atom is -0.354 e. The predicted octanol–water partition coefficient (Wildman–Crippen LogP) is 2.95. The monoisotopic (exact) mass is 380 g/mol. The molecule has 1 aliphatic heterocycles. The second kappa shape index (κ2) is 8.02. The quantitative estimate of drug-likeness (QED) is 0.637. The highest BCUT2D eigenvalue weighted by atomic mass is 32.1. The molecule has 0 atom stereocenters. The van der Waals surface area contributed by atoms with Gasteiger partial charge in [0.15, 0.2) is 4.77 Å². The lowest BCUT2D eigenvalue weighted by atomic mass is 10.2. The first-order valence-corrected chi connectivity index (χ1v) is 9.68. The van der Waals surface area contributed by atoms with Gasteiger partial charge in [-0.25, -0.2) is 9.67 Å². The number of hydrogen-bond acceptors (Lipinski definition) is 5. The lowest BCUT2D eigenvalue weighted by Crippen LogP contribution is -2.47. The van der Waals surface area contributed by atoms with Crippen LogP contribution in [-0.2, 0) is 13.2 Å². The Morgan fingerprint density at radius 1 is 0.963 bits per heavy atom. The first kappa shape index (κ1) is 17.9. The van der Waals surface area contributed by atoms with Crippen LogP contribution in [-0.4, -0.2) is 50.4 Å². The van der Waals surface area contributed by atoms with Crippen molar-refractivity contribution in [2.75, 3.05) is 31.1 Å². The van der Waals surface area contributed by atoms with Gasteiger partial charge in [-0.2, -0.15) is 5.10 Å². The van der Waals surface area contributed by atoms with E-state index in [1.807, 2.05) is 36.0 Å². The first-order valence-electron chi connectivity index (χ1n) is 9.27. The van der Waals surface area contributed by atoms with Crippen LogP contribution >= 0.6 is 12.2 Å². The molecule has 6 nitrogen and oxygen atoms in total. The number of nitrogens with zero attached hydrogens (tertiary/aromatic N) is 6. The van der Waals surface area contributed by atoms with E-state index in [1.165, 1.54) is 5.56 Å². The molecule has 0 amide bonds. The maximum atomic E-state index is 5.70. The van der Waals surface area contributed by atoms with Gasteiger partial charge in [-0.15, -0.1) is 0 Å². The van der Waals surface area contributed by atoms with Crippen molar-refractivity contribution in [3.8, 4) is 0 Å². The number of anilines is 1. The van der Waals surface area contributed by atoms with Crippen LogP contribution in [0.2, 0.25) is 0 Å². The molecule has 3 heterocycles. The molecule has 7 heteroatoms. The molecule has 2 aromatic heterocycles. The van der Waals surface area contributed by atoms with Gasteiger partial charge in [0.05, 0.1) is 13.2 Å². The van der Waals surface area contributed by atoms with Crippen LogP contribution in [0.4, 0.5) is 5.82 Å². The number of aryl methyl sites for hydroxylation is 1. The standard InChI is InChI=1S/C20H24N6S/c1-17-22-26(20(27)25(17)15-18-7-3-2-4-8-18)16-23-11-13-24(14-12-23)19-9-5-6-10-21-19/h2-10H,11-16H2,1H3. The van der Waals surface area contributed by atoms with Gasteiger partial charge in [-0.3, -0.25) is 9.47 Å². The topological polar surface area (TPSA) is 42.1 Å². The highest BCUT2D eigenvalue weighted by Gasteiger charge is 2.19. The van der Waals surface area contributed by atoms with Crippen molar-refractivity contribution in [2.45, 2.75) is 20.1 Å². The number of aromatic nitrogens is 4. The molecule has 1 aromatic carbocycles. The maximum Gasteiger partial charge on any atom is 0.199 e. The van der Waals surface area contributed by atoms with Gasteiger partial charge in [0.25, 0.3) is 0 Å².